The number of thiazole rings is 1. The van der Waals surface area contributed by atoms with Crippen molar-refractivity contribution in [3.8, 4) is 11.3 Å². The monoisotopic (exact) mass is 428 g/mol. The number of fused-ring (bicyclic) bond motifs is 2. The molecule has 0 spiro atoms. The maximum atomic E-state index is 12.8. The van der Waals surface area contributed by atoms with E-state index in [0.717, 1.165) is 27.3 Å². The maximum absolute atomic E-state index is 12.8. The van der Waals surface area contributed by atoms with Crippen LogP contribution < -0.4 is 5.32 Å². The molecule has 2 amide bonds. The number of amides is 2. The molecule has 0 saturated heterocycles. The summed E-state index contributed by atoms with van der Waals surface area (Å²) in [6.45, 7) is 1.52. The number of nitrogens with zero attached hydrogens (tertiary/aromatic N) is 3. The molecule has 3 heterocycles. The number of imidazole rings is 1. The number of anilines is 1. The van der Waals surface area contributed by atoms with Crippen molar-refractivity contribution in [3.05, 3.63) is 83.6 Å². The lowest BCUT2D eigenvalue weighted by atomic mass is 9.93. The van der Waals surface area contributed by atoms with Crippen molar-refractivity contribution in [1.29, 1.82) is 0 Å². The van der Waals surface area contributed by atoms with Crippen molar-refractivity contribution < 1.29 is 9.59 Å². The number of hydrogen-bond acceptors (Lipinski definition) is 4. The van der Waals surface area contributed by atoms with E-state index in [1.807, 2.05) is 76.8 Å². The molecule has 2 aromatic carbocycles. The lowest BCUT2D eigenvalue weighted by Crippen LogP contribution is -2.33. The van der Waals surface area contributed by atoms with Gasteiger partial charge in [0.1, 0.15) is 0 Å². The molecule has 0 saturated carbocycles. The Morgan fingerprint density at radius 1 is 1.13 bits per heavy atom. The van der Waals surface area contributed by atoms with Gasteiger partial charge in [-0.1, -0.05) is 36.4 Å². The van der Waals surface area contributed by atoms with Gasteiger partial charge in [0.15, 0.2) is 4.96 Å². The summed E-state index contributed by atoms with van der Waals surface area (Å²) in [4.78, 5) is 32.1. The molecule has 4 aromatic rings. The first-order valence-corrected chi connectivity index (χ1v) is 10.8. The van der Waals surface area contributed by atoms with Crippen LogP contribution in [0.25, 0.3) is 22.3 Å². The van der Waals surface area contributed by atoms with Gasteiger partial charge in [0.2, 0.25) is 11.8 Å². The number of hydrogen-bond donors (Lipinski definition) is 1. The summed E-state index contributed by atoms with van der Waals surface area (Å²) in [5.41, 5.74) is 4.60. The van der Waals surface area contributed by atoms with Gasteiger partial charge in [-0.3, -0.25) is 14.0 Å². The molecule has 0 aliphatic carbocycles. The molecule has 7 heteroatoms. The fourth-order valence-corrected chi connectivity index (χ4v) is 4.59. The Labute approximate surface area is 183 Å². The Bertz CT molecular complexity index is 1270. The van der Waals surface area contributed by atoms with Crippen molar-refractivity contribution in [1.82, 2.24) is 14.3 Å². The van der Waals surface area contributed by atoms with Crippen LogP contribution in [-0.2, 0) is 9.59 Å². The molecule has 2 aromatic heterocycles. The minimum absolute atomic E-state index is 0.0899. The van der Waals surface area contributed by atoms with E-state index in [0.29, 0.717) is 5.69 Å². The summed E-state index contributed by atoms with van der Waals surface area (Å²) in [6, 6.07) is 15.2. The van der Waals surface area contributed by atoms with Crippen LogP contribution in [0.4, 0.5) is 5.69 Å². The lowest BCUT2D eigenvalue weighted by molar-refractivity contribution is -0.129. The van der Waals surface area contributed by atoms with Crippen molar-refractivity contribution in [2.24, 2.45) is 0 Å². The first-order valence-electron chi connectivity index (χ1n) is 9.97. The zero-order valence-electron chi connectivity index (χ0n) is 16.9. The molecule has 6 nitrogen and oxygen atoms in total. The highest BCUT2D eigenvalue weighted by atomic mass is 32.1. The predicted molar refractivity (Wildman–Crippen MR) is 122 cm³/mol. The fourth-order valence-electron chi connectivity index (χ4n) is 3.89. The van der Waals surface area contributed by atoms with Gasteiger partial charge in [0, 0.05) is 42.1 Å². The maximum Gasteiger partial charge on any atom is 0.226 e. The van der Waals surface area contributed by atoms with Crippen LogP contribution in [0.3, 0.4) is 0 Å². The summed E-state index contributed by atoms with van der Waals surface area (Å²) in [6.07, 6.45) is 7.81. The molecule has 1 atom stereocenters. The molecule has 5 rings (SSSR count). The van der Waals surface area contributed by atoms with Gasteiger partial charge in [-0.15, -0.1) is 11.3 Å². The third kappa shape index (κ3) is 3.75. The number of carbonyl (C=O) groups is 2. The van der Waals surface area contributed by atoms with Crippen LogP contribution in [0.15, 0.2) is 72.5 Å². The Balaban J connectivity index is 1.31. The Morgan fingerprint density at radius 2 is 1.94 bits per heavy atom. The highest BCUT2D eigenvalue weighted by Gasteiger charge is 2.28. The van der Waals surface area contributed by atoms with E-state index in [2.05, 4.69) is 10.3 Å². The van der Waals surface area contributed by atoms with E-state index in [-0.39, 0.29) is 24.3 Å². The SMILES string of the molecule is CC(=O)N1C=Cc2ccccc2[C@@H]1CC(=O)Nc1ccc(-c2cn3ccsc3n2)cc1. The second-order valence-electron chi connectivity index (χ2n) is 7.44. The van der Waals surface area contributed by atoms with Crippen molar-refractivity contribution >= 4 is 39.9 Å². The molecule has 31 heavy (non-hydrogen) atoms. The molecule has 0 fully saturated rings. The topological polar surface area (TPSA) is 66.7 Å². The Morgan fingerprint density at radius 3 is 2.71 bits per heavy atom. The van der Waals surface area contributed by atoms with Gasteiger partial charge in [0.05, 0.1) is 18.2 Å². The third-order valence-corrected chi connectivity index (χ3v) is 6.18. The van der Waals surface area contributed by atoms with Crippen molar-refractivity contribution in [2.45, 2.75) is 19.4 Å². The number of benzene rings is 2. The van der Waals surface area contributed by atoms with E-state index >= 15 is 0 Å². The van der Waals surface area contributed by atoms with Crippen LogP contribution in [0.5, 0.6) is 0 Å². The molecule has 1 aliphatic rings. The summed E-state index contributed by atoms with van der Waals surface area (Å²) < 4.78 is 1.99. The molecule has 1 N–H and O–H groups in total. The first kappa shape index (κ1) is 19.3. The zero-order chi connectivity index (χ0) is 21.4. The molecule has 0 radical (unpaired) electrons. The van der Waals surface area contributed by atoms with E-state index in [1.54, 1.807) is 22.4 Å². The van der Waals surface area contributed by atoms with E-state index in [1.165, 1.54) is 6.92 Å². The standard InChI is InChI=1S/C24H20N4O2S/c1-16(29)28-11-10-17-4-2-3-5-20(17)22(28)14-23(30)25-19-8-6-18(7-9-19)21-15-27-12-13-31-24(27)26-21/h2-13,15,22H,14H2,1H3,(H,25,30)/t22-/m0/s1. The first-order chi connectivity index (χ1) is 15.1. The normalized spacial score (nSPS) is 15.1. The van der Waals surface area contributed by atoms with Gasteiger partial charge in [0.25, 0.3) is 0 Å². The second-order valence-corrected chi connectivity index (χ2v) is 8.31. The summed E-state index contributed by atoms with van der Waals surface area (Å²) in [7, 11) is 0. The van der Waals surface area contributed by atoms with Crippen LogP contribution in [0.1, 0.15) is 30.5 Å². The Kier molecular flexibility index (Phi) is 4.88. The highest BCUT2D eigenvalue weighted by Crippen LogP contribution is 2.33. The molecule has 0 unspecified atom stereocenters. The van der Waals surface area contributed by atoms with Gasteiger partial charge < -0.3 is 10.2 Å². The van der Waals surface area contributed by atoms with Crippen LogP contribution in [0, 0.1) is 0 Å². The van der Waals surface area contributed by atoms with Crippen LogP contribution >= 0.6 is 11.3 Å². The zero-order valence-corrected chi connectivity index (χ0v) is 17.7. The molecular weight excluding hydrogens is 408 g/mol. The average molecular weight is 429 g/mol. The fraction of sp³-hybridized carbons (Fsp3) is 0.125. The quantitative estimate of drug-likeness (QED) is 0.499. The minimum Gasteiger partial charge on any atom is -0.326 e. The van der Waals surface area contributed by atoms with Gasteiger partial charge in [-0.25, -0.2) is 4.98 Å². The van der Waals surface area contributed by atoms with Gasteiger partial charge in [-0.2, -0.15) is 0 Å². The number of aromatic nitrogens is 2. The minimum atomic E-state index is -0.323. The van der Waals surface area contributed by atoms with E-state index < -0.39 is 0 Å². The average Bonchev–Trinajstić information content (AvgIpc) is 3.37. The molecule has 1 aliphatic heterocycles. The van der Waals surface area contributed by atoms with Crippen molar-refractivity contribution in [2.75, 3.05) is 5.32 Å². The van der Waals surface area contributed by atoms with E-state index in [9.17, 15) is 9.59 Å². The number of nitrogens with one attached hydrogen (secondary N) is 1. The highest BCUT2D eigenvalue weighted by molar-refractivity contribution is 7.15. The second kappa shape index (κ2) is 7.85. The number of rotatable bonds is 4. The molecule has 0 bridgehead atoms. The van der Waals surface area contributed by atoms with E-state index in [4.69, 9.17) is 0 Å². The van der Waals surface area contributed by atoms with Crippen LogP contribution in [0.2, 0.25) is 0 Å². The third-order valence-electron chi connectivity index (χ3n) is 5.41. The molecular formula is C24H20N4O2S. The molecule has 154 valence electrons. The van der Waals surface area contributed by atoms with Gasteiger partial charge in [-0.05, 0) is 29.3 Å². The van der Waals surface area contributed by atoms with Crippen molar-refractivity contribution in [3.63, 3.8) is 0 Å². The summed E-state index contributed by atoms with van der Waals surface area (Å²) in [5, 5.41) is 4.95. The Hall–Kier alpha value is -3.71. The van der Waals surface area contributed by atoms with Crippen LogP contribution in [-0.4, -0.2) is 26.1 Å². The lowest BCUT2D eigenvalue weighted by Gasteiger charge is -2.32. The number of carbonyl (C=O) groups excluding carboxylic acids is 2. The largest absolute Gasteiger partial charge is 0.326 e. The smallest absolute Gasteiger partial charge is 0.226 e. The van der Waals surface area contributed by atoms with Gasteiger partial charge >= 0.3 is 0 Å². The summed E-state index contributed by atoms with van der Waals surface area (Å²) in [5.74, 6) is -0.232. The summed E-state index contributed by atoms with van der Waals surface area (Å²) >= 11 is 1.59. The predicted octanol–water partition coefficient (Wildman–Crippen LogP) is 4.97.